The number of rotatable bonds is 2. The van der Waals surface area contributed by atoms with Gasteiger partial charge < -0.3 is 14.6 Å². The molecule has 1 atom stereocenters. The van der Waals surface area contributed by atoms with Crippen molar-refractivity contribution >= 4 is 11.9 Å². The number of aliphatic carboxylic acids is 1. The lowest BCUT2D eigenvalue weighted by molar-refractivity contribution is -0.141. The summed E-state index contributed by atoms with van der Waals surface area (Å²) in [5.74, 6) is -1.39. The molecule has 0 spiro atoms. The highest BCUT2D eigenvalue weighted by Crippen LogP contribution is 2.19. The maximum atomic E-state index is 12.1. The Balaban J connectivity index is 2.28. The fourth-order valence-corrected chi connectivity index (χ4v) is 2.11. The van der Waals surface area contributed by atoms with Crippen molar-refractivity contribution in [1.82, 2.24) is 9.47 Å². The molecule has 1 fully saturated rings. The predicted octanol–water partition coefficient (Wildman–Crippen LogP) is 0.0745. The third-order valence-corrected chi connectivity index (χ3v) is 3.15. The van der Waals surface area contributed by atoms with Gasteiger partial charge in [0.15, 0.2) is 0 Å². The first-order valence-corrected chi connectivity index (χ1v) is 5.71. The lowest BCUT2D eigenvalue weighted by Gasteiger charge is -2.21. The third kappa shape index (κ3) is 2.13. The van der Waals surface area contributed by atoms with Crippen molar-refractivity contribution in [1.29, 1.82) is 0 Å². The second-order valence-electron chi connectivity index (χ2n) is 4.36. The van der Waals surface area contributed by atoms with Gasteiger partial charge in [-0.05, 0) is 18.9 Å². The Kier molecular flexibility index (Phi) is 3.18. The summed E-state index contributed by atoms with van der Waals surface area (Å²) in [4.78, 5) is 35.9. The third-order valence-electron chi connectivity index (χ3n) is 3.15. The van der Waals surface area contributed by atoms with Crippen molar-refractivity contribution in [2.24, 2.45) is 7.05 Å². The molecule has 1 aromatic heterocycles. The molecule has 1 aliphatic heterocycles. The van der Waals surface area contributed by atoms with E-state index in [1.807, 2.05) is 0 Å². The van der Waals surface area contributed by atoms with Crippen molar-refractivity contribution in [3.8, 4) is 0 Å². The van der Waals surface area contributed by atoms with Gasteiger partial charge in [-0.25, -0.2) is 4.79 Å². The standard InChI is InChI=1S/C12H14N2O4/c1-13-6-4-8(7-10(13)15)11(16)14-5-2-3-9(14)12(17)18/h4,6-7,9H,2-3,5H2,1H3,(H,17,18)/t9-/m0/s1. The smallest absolute Gasteiger partial charge is 0.326 e. The van der Waals surface area contributed by atoms with E-state index in [1.165, 1.54) is 27.8 Å². The topological polar surface area (TPSA) is 79.6 Å². The minimum absolute atomic E-state index is 0.242. The highest BCUT2D eigenvalue weighted by Gasteiger charge is 2.34. The molecule has 1 aromatic rings. The first-order valence-electron chi connectivity index (χ1n) is 5.71. The van der Waals surface area contributed by atoms with E-state index in [2.05, 4.69) is 0 Å². The Labute approximate surface area is 103 Å². The van der Waals surface area contributed by atoms with Gasteiger partial charge in [-0.3, -0.25) is 9.59 Å². The Hall–Kier alpha value is -2.11. The van der Waals surface area contributed by atoms with Gasteiger partial charge in [-0.1, -0.05) is 0 Å². The van der Waals surface area contributed by atoms with Gasteiger partial charge in [-0.15, -0.1) is 0 Å². The van der Waals surface area contributed by atoms with Crippen LogP contribution in [-0.4, -0.2) is 39.0 Å². The number of hydrogen-bond donors (Lipinski definition) is 1. The zero-order valence-electron chi connectivity index (χ0n) is 10.00. The van der Waals surface area contributed by atoms with Crippen LogP contribution < -0.4 is 5.56 Å². The van der Waals surface area contributed by atoms with Crippen LogP contribution in [0.3, 0.4) is 0 Å². The van der Waals surface area contributed by atoms with Crippen LogP contribution in [0.1, 0.15) is 23.2 Å². The van der Waals surface area contributed by atoms with Gasteiger partial charge >= 0.3 is 5.97 Å². The summed E-state index contributed by atoms with van der Waals surface area (Å²) in [6.07, 6.45) is 2.64. The van der Waals surface area contributed by atoms with Crippen molar-refractivity contribution in [3.63, 3.8) is 0 Å². The largest absolute Gasteiger partial charge is 0.480 e. The second-order valence-corrected chi connectivity index (χ2v) is 4.36. The van der Waals surface area contributed by atoms with E-state index in [0.29, 0.717) is 19.4 Å². The van der Waals surface area contributed by atoms with E-state index in [4.69, 9.17) is 5.11 Å². The van der Waals surface area contributed by atoms with E-state index < -0.39 is 17.9 Å². The maximum absolute atomic E-state index is 12.1. The first kappa shape index (κ1) is 12.3. The molecular weight excluding hydrogens is 236 g/mol. The fraction of sp³-hybridized carbons (Fsp3) is 0.417. The summed E-state index contributed by atoms with van der Waals surface area (Å²) in [7, 11) is 1.59. The summed E-state index contributed by atoms with van der Waals surface area (Å²) >= 11 is 0. The van der Waals surface area contributed by atoms with Crippen LogP contribution in [0.15, 0.2) is 23.1 Å². The molecule has 2 rings (SSSR count). The number of aryl methyl sites for hydroxylation is 1. The van der Waals surface area contributed by atoms with E-state index >= 15 is 0 Å². The lowest BCUT2D eigenvalue weighted by Crippen LogP contribution is -2.40. The number of aromatic nitrogens is 1. The minimum Gasteiger partial charge on any atom is -0.480 e. The van der Waals surface area contributed by atoms with E-state index in [1.54, 1.807) is 7.05 Å². The Morgan fingerprint density at radius 3 is 2.78 bits per heavy atom. The first-order chi connectivity index (χ1) is 8.50. The number of carboxylic acids is 1. The van der Waals surface area contributed by atoms with Crippen molar-refractivity contribution < 1.29 is 14.7 Å². The van der Waals surface area contributed by atoms with E-state index in [9.17, 15) is 14.4 Å². The molecule has 2 heterocycles. The van der Waals surface area contributed by atoms with Crippen molar-refractivity contribution in [2.75, 3.05) is 6.54 Å². The quantitative estimate of drug-likeness (QED) is 0.805. The van der Waals surface area contributed by atoms with Gasteiger partial charge in [0.05, 0.1) is 0 Å². The maximum Gasteiger partial charge on any atom is 0.326 e. The van der Waals surface area contributed by atoms with E-state index in [-0.39, 0.29) is 11.1 Å². The molecule has 0 radical (unpaired) electrons. The number of nitrogens with zero attached hydrogens (tertiary/aromatic N) is 2. The summed E-state index contributed by atoms with van der Waals surface area (Å²) in [6.45, 7) is 0.422. The number of carbonyl (C=O) groups excluding carboxylic acids is 1. The van der Waals surface area contributed by atoms with Crippen LogP contribution in [0, 0.1) is 0 Å². The number of hydrogen-bond acceptors (Lipinski definition) is 3. The molecule has 0 aliphatic carbocycles. The number of likely N-dealkylation sites (tertiary alicyclic amines) is 1. The highest BCUT2D eigenvalue weighted by atomic mass is 16.4. The van der Waals surface area contributed by atoms with Crippen molar-refractivity contribution in [2.45, 2.75) is 18.9 Å². The molecule has 0 bridgehead atoms. The van der Waals surface area contributed by atoms with Crippen LogP contribution in [0.2, 0.25) is 0 Å². The average molecular weight is 250 g/mol. The molecule has 1 N–H and O–H groups in total. The van der Waals surface area contributed by atoms with Gasteiger partial charge in [0.25, 0.3) is 11.5 Å². The molecule has 96 valence electrons. The zero-order chi connectivity index (χ0) is 13.3. The predicted molar refractivity (Wildman–Crippen MR) is 63.4 cm³/mol. The second kappa shape index (κ2) is 4.64. The normalized spacial score (nSPS) is 18.9. The van der Waals surface area contributed by atoms with Gasteiger partial charge in [-0.2, -0.15) is 0 Å². The average Bonchev–Trinajstić information content (AvgIpc) is 2.81. The molecule has 0 aromatic carbocycles. The number of carbonyl (C=O) groups is 2. The van der Waals surface area contributed by atoms with Crippen LogP contribution in [-0.2, 0) is 11.8 Å². The fourth-order valence-electron chi connectivity index (χ4n) is 2.11. The Morgan fingerprint density at radius 1 is 1.44 bits per heavy atom. The monoisotopic (exact) mass is 250 g/mol. The summed E-state index contributed by atoms with van der Waals surface area (Å²) in [5, 5.41) is 9.02. The molecule has 18 heavy (non-hydrogen) atoms. The number of carboxylic acid groups (broad SMARTS) is 1. The molecule has 1 amide bonds. The zero-order valence-corrected chi connectivity index (χ0v) is 10.00. The molecule has 6 heteroatoms. The molecule has 0 unspecified atom stereocenters. The van der Waals surface area contributed by atoms with Gasteiger partial charge in [0.2, 0.25) is 0 Å². The van der Waals surface area contributed by atoms with Gasteiger partial charge in [0, 0.05) is 31.4 Å². The van der Waals surface area contributed by atoms with Crippen LogP contribution in [0.25, 0.3) is 0 Å². The van der Waals surface area contributed by atoms with Crippen LogP contribution in [0.5, 0.6) is 0 Å². The SMILES string of the molecule is Cn1ccc(C(=O)N2CCC[C@H]2C(=O)O)cc1=O. The summed E-state index contributed by atoms with van der Waals surface area (Å²) in [6, 6.07) is 1.99. The summed E-state index contributed by atoms with van der Waals surface area (Å²) < 4.78 is 1.36. The number of pyridine rings is 1. The Morgan fingerprint density at radius 2 is 2.17 bits per heavy atom. The van der Waals surface area contributed by atoms with Crippen molar-refractivity contribution in [3.05, 3.63) is 34.2 Å². The number of amides is 1. The Bertz CT molecular complexity index is 549. The van der Waals surface area contributed by atoms with Gasteiger partial charge in [0.1, 0.15) is 6.04 Å². The molecule has 6 nitrogen and oxygen atoms in total. The van der Waals surface area contributed by atoms with Crippen LogP contribution >= 0.6 is 0 Å². The molecular formula is C12H14N2O4. The molecule has 1 aliphatic rings. The molecule has 1 saturated heterocycles. The lowest BCUT2D eigenvalue weighted by atomic mass is 10.2. The summed E-state index contributed by atoms with van der Waals surface area (Å²) in [5.41, 5.74) is -0.0434. The molecule has 0 saturated carbocycles. The minimum atomic E-state index is -0.996. The van der Waals surface area contributed by atoms with E-state index in [0.717, 1.165) is 0 Å². The highest BCUT2D eigenvalue weighted by molar-refractivity contribution is 5.96. The van der Waals surface area contributed by atoms with Crippen LogP contribution in [0.4, 0.5) is 0 Å².